The van der Waals surface area contributed by atoms with E-state index in [1.54, 1.807) is 16.2 Å². The predicted molar refractivity (Wildman–Crippen MR) is 148 cm³/mol. The van der Waals surface area contributed by atoms with Crippen molar-refractivity contribution in [3.8, 4) is 0 Å². The molecule has 1 aliphatic rings. The molecule has 2 aromatic carbocycles. The number of rotatable bonds is 8. The number of thiophene rings is 1. The van der Waals surface area contributed by atoms with E-state index in [1.807, 2.05) is 60.4 Å². The van der Waals surface area contributed by atoms with Crippen LogP contribution in [0.5, 0.6) is 0 Å². The van der Waals surface area contributed by atoms with Gasteiger partial charge in [-0.05, 0) is 79.4 Å². The highest BCUT2D eigenvalue weighted by atomic mass is 32.1. The van der Waals surface area contributed by atoms with E-state index in [9.17, 15) is 9.59 Å². The van der Waals surface area contributed by atoms with E-state index >= 15 is 0 Å². The third-order valence-electron chi connectivity index (χ3n) is 7.21. The summed E-state index contributed by atoms with van der Waals surface area (Å²) in [5.74, 6) is -0.0209. The number of hydrogen-bond acceptors (Lipinski definition) is 3. The predicted octanol–water partition coefficient (Wildman–Crippen LogP) is 7.07. The molecule has 0 unspecified atom stereocenters. The summed E-state index contributed by atoms with van der Waals surface area (Å²) < 4.78 is 0. The second-order valence-corrected chi connectivity index (χ2v) is 10.9. The molecule has 6 heteroatoms. The van der Waals surface area contributed by atoms with Crippen LogP contribution in [0.1, 0.15) is 59.2 Å². The van der Waals surface area contributed by atoms with Crippen LogP contribution in [0, 0.1) is 20.8 Å². The fraction of sp³-hybridized carbons (Fsp3) is 0.400. The Bertz CT molecular complexity index is 1170. The Hall–Kier alpha value is -3.12. The molecule has 1 aliphatic carbocycles. The molecule has 5 nitrogen and oxygen atoms in total. The van der Waals surface area contributed by atoms with E-state index in [4.69, 9.17) is 0 Å². The molecule has 0 bridgehead atoms. The topological polar surface area (TPSA) is 52.7 Å². The summed E-state index contributed by atoms with van der Waals surface area (Å²) in [6.45, 7) is 7.34. The van der Waals surface area contributed by atoms with E-state index in [-0.39, 0.29) is 24.5 Å². The van der Waals surface area contributed by atoms with E-state index in [2.05, 4.69) is 30.6 Å². The monoisotopic (exact) mass is 503 g/mol. The molecule has 0 atom stereocenters. The Morgan fingerprint density at radius 1 is 0.889 bits per heavy atom. The van der Waals surface area contributed by atoms with Crippen molar-refractivity contribution in [3.05, 3.63) is 87.1 Å². The minimum Gasteiger partial charge on any atom is -0.332 e. The first-order valence-corrected chi connectivity index (χ1v) is 13.8. The van der Waals surface area contributed by atoms with Gasteiger partial charge >= 0.3 is 6.03 Å². The van der Waals surface area contributed by atoms with Crippen LogP contribution in [0.25, 0.3) is 0 Å². The number of nitrogens with one attached hydrogen (secondary N) is 1. The lowest BCUT2D eigenvalue weighted by Crippen LogP contribution is -2.49. The number of carbonyl (C=O) groups is 2. The van der Waals surface area contributed by atoms with Gasteiger partial charge < -0.3 is 15.1 Å². The van der Waals surface area contributed by atoms with Gasteiger partial charge in [0.2, 0.25) is 5.91 Å². The van der Waals surface area contributed by atoms with Crippen LogP contribution in [0.2, 0.25) is 0 Å². The van der Waals surface area contributed by atoms with Crippen molar-refractivity contribution in [1.82, 2.24) is 9.80 Å². The van der Waals surface area contributed by atoms with Crippen LogP contribution >= 0.6 is 11.3 Å². The zero-order valence-electron chi connectivity index (χ0n) is 21.6. The summed E-state index contributed by atoms with van der Waals surface area (Å²) >= 11 is 1.68. The van der Waals surface area contributed by atoms with Crippen LogP contribution in [-0.4, -0.2) is 34.3 Å². The van der Waals surface area contributed by atoms with Crippen molar-refractivity contribution in [1.29, 1.82) is 0 Å². The quantitative estimate of drug-likeness (QED) is 0.357. The molecule has 0 saturated heterocycles. The summed E-state index contributed by atoms with van der Waals surface area (Å²) in [6.07, 6.45) is 5.25. The van der Waals surface area contributed by atoms with Crippen LogP contribution in [0.15, 0.2) is 60.0 Å². The van der Waals surface area contributed by atoms with E-state index in [0.29, 0.717) is 13.1 Å². The number of amides is 3. The third-order valence-corrected chi connectivity index (χ3v) is 8.22. The normalized spacial score (nSPS) is 13.9. The fourth-order valence-corrected chi connectivity index (χ4v) is 5.72. The Kier molecular flexibility index (Phi) is 8.81. The molecule has 3 amide bonds. The number of carbonyl (C=O) groups excluding carboxylic acids is 2. The van der Waals surface area contributed by atoms with Crippen LogP contribution < -0.4 is 5.32 Å². The molecular weight excluding hydrogens is 466 g/mol. The van der Waals surface area contributed by atoms with Gasteiger partial charge in [0.15, 0.2) is 0 Å². The minimum atomic E-state index is -0.189. The largest absolute Gasteiger partial charge is 0.332 e. The first-order valence-electron chi connectivity index (χ1n) is 12.9. The summed E-state index contributed by atoms with van der Waals surface area (Å²) in [4.78, 5) is 32.2. The van der Waals surface area contributed by atoms with Gasteiger partial charge in [-0.1, -0.05) is 55.7 Å². The van der Waals surface area contributed by atoms with Crippen molar-refractivity contribution < 1.29 is 9.59 Å². The molecule has 4 rings (SSSR count). The zero-order valence-corrected chi connectivity index (χ0v) is 22.4. The van der Waals surface area contributed by atoms with Crippen LogP contribution in [0.3, 0.4) is 0 Å². The molecule has 1 saturated carbocycles. The third kappa shape index (κ3) is 6.76. The maximum Gasteiger partial charge on any atom is 0.322 e. The number of hydrogen-bond donors (Lipinski definition) is 1. The lowest BCUT2D eigenvalue weighted by Gasteiger charge is -2.35. The van der Waals surface area contributed by atoms with Crippen molar-refractivity contribution >= 4 is 29.0 Å². The molecule has 190 valence electrons. The summed E-state index contributed by atoms with van der Waals surface area (Å²) in [5.41, 5.74) is 5.37. The maximum absolute atomic E-state index is 13.8. The molecule has 0 radical (unpaired) electrons. The Labute approximate surface area is 219 Å². The Morgan fingerprint density at radius 3 is 2.31 bits per heavy atom. The van der Waals surface area contributed by atoms with Gasteiger partial charge in [0.05, 0.1) is 6.54 Å². The molecule has 3 aromatic rings. The van der Waals surface area contributed by atoms with Crippen molar-refractivity contribution in [2.75, 3.05) is 11.9 Å². The van der Waals surface area contributed by atoms with Gasteiger partial charge in [0.25, 0.3) is 0 Å². The van der Waals surface area contributed by atoms with Crippen molar-refractivity contribution in [3.63, 3.8) is 0 Å². The molecule has 1 fully saturated rings. The zero-order chi connectivity index (χ0) is 25.5. The average molecular weight is 504 g/mol. The van der Waals surface area contributed by atoms with Gasteiger partial charge in [0, 0.05) is 23.2 Å². The van der Waals surface area contributed by atoms with Gasteiger partial charge in [-0.2, -0.15) is 0 Å². The molecular formula is C30H37N3O2S. The Morgan fingerprint density at radius 2 is 1.64 bits per heavy atom. The SMILES string of the molecule is Cc1ccc(NC(=O)N(CC(=O)N(Cc2ccccc2)Cc2sccc2C)C2CCCCC2)cc1C. The second kappa shape index (κ2) is 12.2. The average Bonchev–Trinajstić information content (AvgIpc) is 3.29. The van der Waals surface area contributed by atoms with Gasteiger partial charge in [0.1, 0.15) is 6.54 Å². The molecule has 0 spiro atoms. The lowest BCUT2D eigenvalue weighted by molar-refractivity contribution is -0.133. The molecule has 36 heavy (non-hydrogen) atoms. The summed E-state index contributed by atoms with van der Waals surface area (Å²) in [5, 5.41) is 5.14. The van der Waals surface area contributed by atoms with Crippen molar-refractivity contribution in [2.45, 2.75) is 72.0 Å². The molecule has 1 heterocycles. The number of nitrogens with zero attached hydrogens (tertiary/aromatic N) is 2. The van der Waals surface area contributed by atoms with Gasteiger partial charge in [-0.3, -0.25) is 4.79 Å². The highest BCUT2D eigenvalue weighted by Crippen LogP contribution is 2.25. The summed E-state index contributed by atoms with van der Waals surface area (Å²) in [7, 11) is 0. The highest BCUT2D eigenvalue weighted by Gasteiger charge is 2.29. The second-order valence-electron chi connectivity index (χ2n) is 9.91. The first kappa shape index (κ1) is 26.0. The Balaban J connectivity index is 1.55. The van der Waals surface area contributed by atoms with Crippen molar-refractivity contribution in [2.24, 2.45) is 0 Å². The smallest absolute Gasteiger partial charge is 0.322 e. The van der Waals surface area contributed by atoms with E-state index < -0.39 is 0 Å². The minimum absolute atomic E-state index is 0.0209. The number of anilines is 1. The van der Waals surface area contributed by atoms with Gasteiger partial charge in [-0.15, -0.1) is 11.3 Å². The number of urea groups is 1. The van der Waals surface area contributed by atoms with Gasteiger partial charge in [-0.25, -0.2) is 4.79 Å². The van der Waals surface area contributed by atoms with Crippen LogP contribution in [0.4, 0.5) is 10.5 Å². The summed E-state index contributed by atoms with van der Waals surface area (Å²) in [6, 6.07) is 18.0. The molecule has 1 aromatic heterocycles. The number of aryl methyl sites for hydroxylation is 3. The fourth-order valence-electron chi connectivity index (χ4n) is 4.80. The highest BCUT2D eigenvalue weighted by molar-refractivity contribution is 7.10. The molecule has 1 N–H and O–H groups in total. The lowest BCUT2D eigenvalue weighted by atomic mass is 9.94. The van der Waals surface area contributed by atoms with E-state index in [0.717, 1.165) is 42.5 Å². The van der Waals surface area contributed by atoms with E-state index in [1.165, 1.54) is 22.4 Å². The van der Waals surface area contributed by atoms with Crippen LogP contribution in [-0.2, 0) is 17.9 Å². The standard InChI is InChI=1S/C30H37N3O2S/c1-22-14-15-26(18-24(22)3)31-30(35)33(27-12-8-5-9-13-27)21-29(34)32(19-25-10-6-4-7-11-25)20-28-23(2)16-17-36-28/h4,6-7,10-11,14-18,27H,5,8-9,12-13,19-21H2,1-3H3,(H,31,35). The first-order chi connectivity index (χ1) is 17.4. The number of benzene rings is 2. The maximum atomic E-state index is 13.8. The molecule has 0 aliphatic heterocycles.